The Morgan fingerprint density at radius 2 is 1.50 bits per heavy atom. The largest absolute Gasteiger partial charge is 0.467 e. The summed E-state index contributed by atoms with van der Waals surface area (Å²) in [6.07, 6.45) is 0. The quantitative estimate of drug-likeness (QED) is 0.546. The summed E-state index contributed by atoms with van der Waals surface area (Å²) in [6, 6.07) is 0. The van der Waals surface area contributed by atoms with E-state index in [0.29, 0.717) is 0 Å². The molecule has 0 aromatic carbocycles. The molecule has 0 aliphatic heterocycles. The second-order valence-corrected chi connectivity index (χ2v) is 4.48. The minimum absolute atomic E-state index is 0.0428. The molecule has 0 atom stereocenters. The highest BCUT2D eigenvalue weighted by Crippen LogP contribution is 2.52. The molecule has 0 N–H and O–H groups in total. The van der Waals surface area contributed by atoms with Crippen LogP contribution in [0, 0.1) is 0 Å². The molecule has 0 aromatic rings. The Bertz CT molecular complexity index is 333. The molecule has 0 spiro atoms. The van der Waals surface area contributed by atoms with Crippen LogP contribution in [-0.4, -0.2) is 18.0 Å². The third kappa shape index (κ3) is 1.54. The molecule has 2 nitrogen and oxygen atoms in total. The summed E-state index contributed by atoms with van der Waals surface area (Å²) in [6.45, 7) is 0. The van der Waals surface area contributed by atoms with Crippen molar-refractivity contribution in [2.75, 3.05) is 7.11 Å². The maximum absolute atomic E-state index is 11.3. The van der Waals surface area contributed by atoms with E-state index in [-0.39, 0.29) is 20.1 Å². The molecule has 1 aliphatic rings. The molecular formula is C7H3Cl5O2. The average Bonchev–Trinajstić information content (AvgIpc) is 2.34. The molecule has 0 bridgehead atoms. The molecule has 0 amide bonds. The van der Waals surface area contributed by atoms with Crippen LogP contribution in [0.1, 0.15) is 0 Å². The normalized spacial score (nSPS) is 20.4. The average molecular weight is 296 g/mol. The first-order chi connectivity index (χ1) is 6.37. The number of hydrogen-bond donors (Lipinski definition) is 0. The fourth-order valence-corrected chi connectivity index (χ4v) is 2.42. The van der Waals surface area contributed by atoms with Gasteiger partial charge in [0.05, 0.1) is 27.2 Å². The van der Waals surface area contributed by atoms with Crippen molar-refractivity contribution in [1.82, 2.24) is 0 Å². The highest BCUT2D eigenvalue weighted by Gasteiger charge is 2.51. The Morgan fingerprint density at radius 1 is 1.14 bits per heavy atom. The van der Waals surface area contributed by atoms with Crippen LogP contribution in [-0.2, 0) is 9.53 Å². The van der Waals surface area contributed by atoms with Crippen molar-refractivity contribution in [3.8, 4) is 0 Å². The van der Waals surface area contributed by atoms with Gasteiger partial charge in [-0.05, 0) is 0 Å². The highest BCUT2D eigenvalue weighted by molar-refractivity contribution is 6.61. The van der Waals surface area contributed by atoms with E-state index < -0.39 is 10.8 Å². The molecule has 0 saturated carbocycles. The van der Waals surface area contributed by atoms with Crippen LogP contribution >= 0.6 is 58.0 Å². The predicted octanol–water partition coefficient (Wildman–Crippen LogP) is 3.53. The van der Waals surface area contributed by atoms with Crippen molar-refractivity contribution in [1.29, 1.82) is 0 Å². The summed E-state index contributed by atoms with van der Waals surface area (Å²) >= 11 is 28.7. The van der Waals surface area contributed by atoms with E-state index in [1.54, 1.807) is 0 Å². The number of methoxy groups -OCH3 is 1. The number of alkyl halides is 1. The van der Waals surface area contributed by atoms with Crippen molar-refractivity contribution in [3.05, 3.63) is 20.1 Å². The summed E-state index contributed by atoms with van der Waals surface area (Å²) in [7, 11) is 1.15. The van der Waals surface area contributed by atoms with Gasteiger partial charge in [-0.3, -0.25) is 0 Å². The van der Waals surface area contributed by atoms with Gasteiger partial charge in [0.1, 0.15) is 0 Å². The van der Waals surface area contributed by atoms with Crippen LogP contribution in [0.25, 0.3) is 0 Å². The van der Waals surface area contributed by atoms with Crippen molar-refractivity contribution in [3.63, 3.8) is 0 Å². The number of carbonyl (C=O) groups excluding carboxylic acids is 1. The van der Waals surface area contributed by atoms with E-state index in [1.165, 1.54) is 0 Å². The summed E-state index contributed by atoms with van der Waals surface area (Å²) in [5.74, 6) is -0.831. The monoisotopic (exact) mass is 294 g/mol. The fourth-order valence-electron chi connectivity index (χ4n) is 0.911. The van der Waals surface area contributed by atoms with Crippen molar-refractivity contribution < 1.29 is 9.53 Å². The molecule has 0 unspecified atom stereocenters. The van der Waals surface area contributed by atoms with Gasteiger partial charge in [-0.1, -0.05) is 58.0 Å². The Balaban J connectivity index is 3.33. The molecule has 1 aliphatic carbocycles. The molecule has 0 saturated heterocycles. The van der Waals surface area contributed by atoms with E-state index in [1.807, 2.05) is 0 Å². The van der Waals surface area contributed by atoms with Crippen LogP contribution < -0.4 is 0 Å². The first-order valence-electron chi connectivity index (χ1n) is 3.26. The van der Waals surface area contributed by atoms with Crippen LogP contribution in [0.3, 0.4) is 0 Å². The van der Waals surface area contributed by atoms with E-state index in [4.69, 9.17) is 58.0 Å². The van der Waals surface area contributed by atoms with Crippen LogP contribution in [0.5, 0.6) is 0 Å². The number of rotatable bonds is 1. The molecule has 7 heteroatoms. The van der Waals surface area contributed by atoms with Gasteiger partial charge in [-0.25, -0.2) is 4.79 Å². The molecule has 1 rings (SSSR count). The van der Waals surface area contributed by atoms with Crippen LogP contribution in [0.15, 0.2) is 20.1 Å². The Hall–Kier alpha value is 0.400. The molecule has 0 heterocycles. The zero-order valence-corrected chi connectivity index (χ0v) is 10.5. The number of hydrogen-bond acceptors (Lipinski definition) is 2. The zero-order chi connectivity index (χ0) is 11.1. The standard InChI is InChI=1S/C7H3Cl5O2/c1-14-6(13)7(12)4(10)2(8)3(9)5(7)11/h1H3. The lowest BCUT2D eigenvalue weighted by molar-refractivity contribution is -0.141. The Labute approximate surface area is 105 Å². The van der Waals surface area contributed by atoms with Crippen molar-refractivity contribution in [2.45, 2.75) is 4.87 Å². The second-order valence-electron chi connectivity index (χ2n) is 2.41. The summed E-state index contributed by atoms with van der Waals surface area (Å²) in [5, 5.41) is -0.386. The van der Waals surface area contributed by atoms with Gasteiger partial charge in [0.2, 0.25) is 4.87 Å². The number of halogens is 5. The first-order valence-corrected chi connectivity index (χ1v) is 5.15. The minimum atomic E-state index is -1.80. The summed E-state index contributed by atoms with van der Waals surface area (Å²) < 4.78 is 4.45. The Morgan fingerprint density at radius 3 is 1.79 bits per heavy atom. The number of allylic oxidation sites excluding steroid dienone is 2. The third-order valence-electron chi connectivity index (χ3n) is 1.65. The maximum atomic E-state index is 11.3. The SMILES string of the molecule is COC(=O)C1(Cl)C(Cl)=C(Cl)C(Cl)=C1Cl. The van der Waals surface area contributed by atoms with Gasteiger partial charge in [0, 0.05) is 0 Å². The third-order valence-corrected chi connectivity index (χ3v) is 4.37. The molecular weight excluding hydrogens is 293 g/mol. The summed E-state index contributed by atoms with van der Waals surface area (Å²) in [4.78, 5) is 9.54. The Kier molecular flexibility index (Phi) is 3.66. The van der Waals surface area contributed by atoms with Gasteiger partial charge >= 0.3 is 5.97 Å². The van der Waals surface area contributed by atoms with E-state index in [9.17, 15) is 4.79 Å². The second kappa shape index (κ2) is 4.11. The zero-order valence-electron chi connectivity index (χ0n) is 6.71. The number of esters is 1. The number of carbonyl (C=O) groups is 1. The van der Waals surface area contributed by atoms with E-state index >= 15 is 0 Å². The topological polar surface area (TPSA) is 26.3 Å². The molecule has 0 fully saturated rings. The lowest BCUT2D eigenvalue weighted by Gasteiger charge is -2.18. The minimum Gasteiger partial charge on any atom is -0.467 e. The van der Waals surface area contributed by atoms with Crippen LogP contribution in [0.4, 0.5) is 0 Å². The smallest absolute Gasteiger partial charge is 0.338 e. The number of ether oxygens (including phenoxy) is 1. The molecule has 0 aromatic heterocycles. The maximum Gasteiger partial charge on any atom is 0.338 e. The highest BCUT2D eigenvalue weighted by atomic mass is 35.5. The van der Waals surface area contributed by atoms with Gasteiger partial charge in [0.15, 0.2) is 0 Å². The predicted molar refractivity (Wildman–Crippen MR) is 58.1 cm³/mol. The van der Waals surface area contributed by atoms with Crippen molar-refractivity contribution >= 4 is 64.0 Å². The lowest BCUT2D eigenvalue weighted by Crippen LogP contribution is -2.33. The fraction of sp³-hybridized carbons (Fsp3) is 0.286. The van der Waals surface area contributed by atoms with Gasteiger partial charge in [0.25, 0.3) is 0 Å². The van der Waals surface area contributed by atoms with Gasteiger partial charge in [-0.2, -0.15) is 0 Å². The molecule has 78 valence electrons. The van der Waals surface area contributed by atoms with E-state index in [2.05, 4.69) is 4.74 Å². The molecule has 14 heavy (non-hydrogen) atoms. The first kappa shape index (κ1) is 12.5. The molecule has 0 radical (unpaired) electrons. The van der Waals surface area contributed by atoms with E-state index in [0.717, 1.165) is 7.11 Å². The van der Waals surface area contributed by atoms with Gasteiger partial charge in [-0.15, -0.1) is 0 Å². The van der Waals surface area contributed by atoms with Crippen LogP contribution in [0.2, 0.25) is 0 Å². The van der Waals surface area contributed by atoms with Crippen molar-refractivity contribution in [2.24, 2.45) is 0 Å². The van der Waals surface area contributed by atoms with Gasteiger partial charge < -0.3 is 4.74 Å². The summed E-state index contributed by atoms with van der Waals surface area (Å²) in [5.41, 5.74) is 0. The lowest BCUT2D eigenvalue weighted by atomic mass is 10.1.